The molecule has 0 atom stereocenters. The molecule has 0 radical (unpaired) electrons. The van der Waals surface area contributed by atoms with Crippen LogP contribution in [0.25, 0.3) is 0 Å². The first-order valence-electron chi connectivity index (χ1n) is 4.40. The van der Waals surface area contributed by atoms with Gasteiger partial charge in [-0.15, -0.1) is 13.2 Å². The predicted molar refractivity (Wildman–Crippen MR) is 56.0 cm³/mol. The second-order valence-electron chi connectivity index (χ2n) is 2.93. The van der Waals surface area contributed by atoms with E-state index in [1.165, 1.54) is 13.2 Å². The molecule has 0 bridgehead atoms. The normalized spacial score (nSPS) is 11.4. The summed E-state index contributed by atoms with van der Waals surface area (Å²) in [5.41, 5.74) is 0.205. The zero-order valence-corrected chi connectivity index (χ0v) is 10.3. The lowest BCUT2D eigenvalue weighted by atomic mass is 10.2. The van der Waals surface area contributed by atoms with Crippen LogP contribution in [0.2, 0.25) is 0 Å². The summed E-state index contributed by atoms with van der Waals surface area (Å²) in [5, 5.41) is 8.95. The van der Waals surface area contributed by atoms with Gasteiger partial charge in [-0.3, -0.25) is 4.98 Å². The summed E-state index contributed by atoms with van der Waals surface area (Å²) in [7, 11) is 1.21. The summed E-state index contributed by atoms with van der Waals surface area (Å²) in [6.45, 7) is -0.400. The number of aliphatic hydroxyl groups is 1. The third-order valence-corrected chi connectivity index (χ3v) is 2.32. The molecule has 0 saturated carbocycles. The summed E-state index contributed by atoms with van der Waals surface area (Å²) in [5.74, 6) is -0.634. The van der Waals surface area contributed by atoms with E-state index in [0.717, 1.165) is 0 Å². The van der Waals surface area contributed by atoms with E-state index in [1.807, 2.05) is 0 Å². The number of aromatic nitrogens is 1. The van der Waals surface area contributed by atoms with Gasteiger partial charge in [0.2, 0.25) is 0 Å². The van der Waals surface area contributed by atoms with E-state index in [2.05, 4.69) is 25.7 Å². The molecule has 0 aliphatic heterocycles. The van der Waals surface area contributed by atoms with Gasteiger partial charge in [0.15, 0.2) is 11.5 Å². The van der Waals surface area contributed by atoms with Crippen molar-refractivity contribution in [2.24, 2.45) is 0 Å². The second kappa shape index (κ2) is 5.54. The highest BCUT2D eigenvalue weighted by Gasteiger charge is 2.34. The number of halogens is 4. The first kappa shape index (κ1) is 14.0. The van der Waals surface area contributed by atoms with E-state index in [1.54, 1.807) is 0 Å². The van der Waals surface area contributed by atoms with E-state index < -0.39 is 18.7 Å². The fourth-order valence-corrected chi connectivity index (χ4v) is 1.54. The minimum Gasteiger partial charge on any atom is -0.493 e. The van der Waals surface area contributed by atoms with Crippen molar-refractivity contribution in [1.29, 1.82) is 0 Å². The van der Waals surface area contributed by atoms with Gasteiger partial charge in [-0.2, -0.15) is 0 Å². The molecular weight excluding hydrogens is 307 g/mol. The van der Waals surface area contributed by atoms with Crippen LogP contribution >= 0.6 is 15.9 Å². The van der Waals surface area contributed by atoms with Crippen LogP contribution in [-0.2, 0) is 11.9 Å². The Labute approximate surface area is 103 Å². The zero-order valence-electron chi connectivity index (χ0n) is 8.71. The van der Waals surface area contributed by atoms with Gasteiger partial charge in [0.1, 0.15) is 0 Å². The fraction of sp³-hybridized carbons (Fsp3) is 0.444. The second-order valence-corrected chi connectivity index (χ2v) is 3.49. The monoisotopic (exact) mass is 315 g/mol. The van der Waals surface area contributed by atoms with Gasteiger partial charge >= 0.3 is 6.36 Å². The summed E-state index contributed by atoms with van der Waals surface area (Å²) in [6, 6.07) is 1.19. The Morgan fingerprint density at radius 3 is 2.53 bits per heavy atom. The molecule has 0 fully saturated rings. The molecule has 1 rings (SSSR count). The Balaban J connectivity index is 3.24. The van der Waals surface area contributed by atoms with Crippen molar-refractivity contribution in [3.63, 3.8) is 0 Å². The lowest BCUT2D eigenvalue weighted by molar-refractivity contribution is -0.275. The van der Waals surface area contributed by atoms with Crippen molar-refractivity contribution in [2.75, 3.05) is 7.11 Å². The molecule has 17 heavy (non-hydrogen) atoms. The molecule has 1 aromatic heterocycles. The van der Waals surface area contributed by atoms with E-state index in [9.17, 15) is 13.2 Å². The van der Waals surface area contributed by atoms with Gasteiger partial charge < -0.3 is 14.6 Å². The smallest absolute Gasteiger partial charge is 0.493 e. The minimum atomic E-state index is -4.83. The molecule has 1 aromatic rings. The van der Waals surface area contributed by atoms with Crippen LogP contribution in [0.1, 0.15) is 11.4 Å². The highest BCUT2D eigenvalue weighted by Crippen LogP contribution is 2.36. The number of nitrogens with zero attached hydrogens (tertiary/aromatic N) is 1. The van der Waals surface area contributed by atoms with Crippen molar-refractivity contribution in [3.05, 3.63) is 17.5 Å². The number of pyridine rings is 1. The molecule has 0 amide bonds. The first-order valence-corrected chi connectivity index (χ1v) is 5.52. The predicted octanol–water partition coefficient (Wildman–Crippen LogP) is 2.38. The molecule has 0 unspecified atom stereocenters. The molecule has 96 valence electrons. The minimum absolute atomic E-state index is 0.00530. The van der Waals surface area contributed by atoms with Crippen LogP contribution in [-0.4, -0.2) is 23.6 Å². The fourth-order valence-electron chi connectivity index (χ4n) is 1.16. The molecule has 4 nitrogen and oxygen atoms in total. The standard InChI is InChI=1S/C9H9BrF3NO3/c1-16-7-2-5(4-15)14-6(3-10)8(7)17-9(11,12)13/h2,15H,3-4H2,1H3. The molecule has 1 heterocycles. The maximum Gasteiger partial charge on any atom is 0.573 e. The summed E-state index contributed by atoms with van der Waals surface area (Å²) < 4.78 is 45.2. The quantitative estimate of drug-likeness (QED) is 0.867. The van der Waals surface area contributed by atoms with Crippen LogP contribution < -0.4 is 9.47 Å². The lowest BCUT2D eigenvalue weighted by Crippen LogP contribution is -2.19. The number of alkyl halides is 4. The highest BCUT2D eigenvalue weighted by molar-refractivity contribution is 9.08. The summed E-state index contributed by atoms with van der Waals surface area (Å²) in [4.78, 5) is 3.80. The Morgan fingerprint density at radius 2 is 2.12 bits per heavy atom. The molecule has 0 spiro atoms. The van der Waals surface area contributed by atoms with Gasteiger partial charge in [0, 0.05) is 11.4 Å². The zero-order chi connectivity index (χ0) is 13.1. The Morgan fingerprint density at radius 1 is 1.47 bits per heavy atom. The molecule has 0 aliphatic carbocycles. The molecule has 0 aliphatic rings. The molecular formula is C9H9BrF3NO3. The molecule has 0 aromatic carbocycles. The number of hydrogen-bond acceptors (Lipinski definition) is 4. The van der Waals surface area contributed by atoms with Gasteiger partial charge in [-0.25, -0.2) is 0 Å². The Hall–Kier alpha value is -1.02. The number of rotatable bonds is 4. The van der Waals surface area contributed by atoms with Crippen molar-refractivity contribution < 1.29 is 27.8 Å². The van der Waals surface area contributed by atoms with Crippen molar-refractivity contribution in [1.82, 2.24) is 4.98 Å². The van der Waals surface area contributed by atoms with Crippen LogP contribution in [0.5, 0.6) is 11.5 Å². The maximum atomic E-state index is 12.2. The number of aliphatic hydroxyl groups excluding tert-OH is 1. The Bertz CT molecular complexity index is 373. The van der Waals surface area contributed by atoms with Crippen molar-refractivity contribution in [3.8, 4) is 11.5 Å². The van der Waals surface area contributed by atoms with E-state index in [0.29, 0.717) is 0 Å². The van der Waals surface area contributed by atoms with Crippen LogP contribution in [0.4, 0.5) is 13.2 Å². The molecule has 8 heteroatoms. The number of methoxy groups -OCH3 is 1. The average molecular weight is 316 g/mol. The SMILES string of the molecule is COc1cc(CO)nc(CBr)c1OC(F)(F)F. The van der Waals surface area contributed by atoms with E-state index in [4.69, 9.17) is 9.84 Å². The van der Waals surface area contributed by atoms with Gasteiger partial charge in [-0.1, -0.05) is 15.9 Å². The highest BCUT2D eigenvalue weighted by atomic mass is 79.9. The number of hydrogen-bond donors (Lipinski definition) is 1. The number of ether oxygens (including phenoxy) is 2. The molecule has 0 saturated heterocycles. The first-order chi connectivity index (χ1) is 7.91. The molecule has 1 N–H and O–H groups in total. The topological polar surface area (TPSA) is 51.6 Å². The largest absolute Gasteiger partial charge is 0.573 e. The third-order valence-electron chi connectivity index (χ3n) is 1.79. The maximum absolute atomic E-state index is 12.2. The van der Waals surface area contributed by atoms with Crippen LogP contribution in [0.15, 0.2) is 6.07 Å². The van der Waals surface area contributed by atoms with Gasteiger partial charge in [0.25, 0.3) is 0 Å². The van der Waals surface area contributed by atoms with Gasteiger partial charge in [-0.05, 0) is 0 Å². The van der Waals surface area contributed by atoms with Crippen molar-refractivity contribution in [2.45, 2.75) is 18.3 Å². The summed E-state index contributed by atoms with van der Waals surface area (Å²) in [6.07, 6.45) is -4.83. The van der Waals surface area contributed by atoms with Crippen molar-refractivity contribution >= 4 is 15.9 Å². The lowest BCUT2D eigenvalue weighted by Gasteiger charge is -2.15. The van der Waals surface area contributed by atoms with Crippen LogP contribution in [0.3, 0.4) is 0 Å². The van der Waals surface area contributed by atoms with E-state index >= 15 is 0 Å². The van der Waals surface area contributed by atoms with Gasteiger partial charge in [0.05, 0.1) is 25.1 Å². The summed E-state index contributed by atoms with van der Waals surface area (Å²) >= 11 is 3.00. The van der Waals surface area contributed by atoms with Crippen LogP contribution in [0, 0.1) is 0 Å². The van der Waals surface area contributed by atoms with E-state index in [-0.39, 0.29) is 22.5 Å². The Kier molecular flexibility index (Phi) is 4.58. The third kappa shape index (κ3) is 3.74. The average Bonchev–Trinajstić information content (AvgIpc) is 2.27.